The number of fused-ring (bicyclic) bond motifs is 1. The molecule has 3 aromatic rings. The second-order valence-electron chi connectivity index (χ2n) is 10.9. The molecule has 0 radical (unpaired) electrons. The predicted octanol–water partition coefficient (Wildman–Crippen LogP) is 3.81. The SMILES string of the molecule is Cc1nc2nc([C@H]3CCO[C@@H](c4ccc(=O)n(CCO)c4)C3)nc(C34CC(C(F)(F)F)(C3)C4)c2nc1C. The zero-order valence-electron chi connectivity index (χ0n) is 20.7. The average molecular weight is 516 g/mol. The lowest BCUT2D eigenvalue weighted by molar-refractivity contribution is -0.337. The molecule has 4 aliphatic rings. The Labute approximate surface area is 211 Å². The monoisotopic (exact) mass is 515 g/mol. The number of aromatic nitrogens is 5. The maximum atomic E-state index is 13.6. The van der Waals surface area contributed by atoms with Gasteiger partial charge in [-0.3, -0.25) is 4.79 Å². The minimum Gasteiger partial charge on any atom is -0.395 e. The molecular formula is C26H28F3N5O3. The number of nitrogens with zero attached hydrogens (tertiary/aromatic N) is 5. The molecule has 196 valence electrons. The molecule has 1 N–H and O–H groups in total. The molecule has 8 nitrogen and oxygen atoms in total. The van der Waals surface area contributed by atoms with Crippen LogP contribution >= 0.6 is 0 Å². The van der Waals surface area contributed by atoms with Crippen molar-refractivity contribution in [2.75, 3.05) is 13.2 Å². The Morgan fingerprint density at radius 3 is 2.54 bits per heavy atom. The highest BCUT2D eigenvalue weighted by Crippen LogP contribution is 2.78. The van der Waals surface area contributed by atoms with Crippen molar-refractivity contribution in [3.63, 3.8) is 0 Å². The summed E-state index contributed by atoms with van der Waals surface area (Å²) in [5.74, 6) is 0.468. The van der Waals surface area contributed by atoms with E-state index in [2.05, 4.69) is 9.97 Å². The van der Waals surface area contributed by atoms with Crippen LogP contribution in [0.2, 0.25) is 0 Å². The predicted molar refractivity (Wildman–Crippen MR) is 127 cm³/mol. The maximum absolute atomic E-state index is 13.6. The number of aryl methyl sites for hydroxylation is 2. The van der Waals surface area contributed by atoms with Crippen molar-refractivity contribution in [3.05, 3.63) is 57.2 Å². The van der Waals surface area contributed by atoms with Gasteiger partial charge in [0, 0.05) is 36.7 Å². The summed E-state index contributed by atoms with van der Waals surface area (Å²) in [6, 6.07) is 3.19. The van der Waals surface area contributed by atoms with Crippen molar-refractivity contribution in [2.24, 2.45) is 5.41 Å². The zero-order chi connectivity index (χ0) is 26.2. The van der Waals surface area contributed by atoms with Gasteiger partial charge < -0.3 is 14.4 Å². The first-order valence-electron chi connectivity index (χ1n) is 12.6. The molecule has 37 heavy (non-hydrogen) atoms. The van der Waals surface area contributed by atoms with E-state index in [9.17, 15) is 23.1 Å². The van der Waals surface area contributed by atoms with Gasteiger partial charge in [0.1, 0.15) is 11.3 Å². The highest BCUT2D eigenvalue weighted by molar-refractivity contribution is 5.75. The van der Waals surface area contributed by atoms with Crippen LogP contribution in [-0.2, 0) is 16.7 Å². The number of hydrogen-bond donors (Lipinski definition) is 1. The molecule has 4 fully saturated rings. The lowest BCUT2D eigenvalue weighted by Crippen LogP contribution is -2.70. The van der Waals surface area contributed by atoms with E-state index in [1.54, 1.807) is 12.3 Å². The molecule has 3 aromatic heterocycles. The van der Waals surface area contributed by atoms with Gasteiger partial charge in [0.2, 0.25) is 0 Å². The fourth-order valence-electron chi connectivity index (χ4n) is 6.31. The number of hydrogen-bond acceptors (Lipinski definition) is 7. The van der Waals surface area contributed by atoms with Crippen molar-refractivity contribution >= 4 is 11.2 Å². The van der Waals surface area contributed by atoms with Gasteiger partial charge in [-0.05, 0) is 57.6 Å². The van der Waals surface area contributed by atoms with Crippen LogP contribution in [0, 0.1) is 19.3 Å². The third kappa shape index (κ3) is 3.77. The van der Waals surface area contributed by atoms with Gasteiger partial charge >= 0.3 is 6.18 Å². The van der Waals surface area contributed by atoms with E-state index in [0.29, 0.717) is 47.8 Å². The second kappa shape index (κ2) is 8.29. The molecular weight excluding hydrogens is 487 g/mol. The summed E-state index contributed by atoms with van der Waals surface area (Å²) in [7, 11) is 0. The van der Waals surface area contributed by atoms with E-state index < -0.39 is 17.0 Å². The minimum absolute atomic E-state index is 0.0342. The van der Waals surface area contributed by atoms with Crippen molar-refractivity contribution in [3.8, 4) is 0 Å². The van der Waals surface area contributed by atoms with E-state index in [1.165, 1.54) is 10.6 Å². The molecule has 1 saturated heterocycles. The summed E-state index contributed by atoms with van der Waals surface area (Å²) in [6.07, 6.45) is -1.49. The molecule has 4 heterocycles. The summed E-state index contributed by atoms with van der Waals surface area (Å²) in [5, 5.41) is 9.26. The first-order chi connectivity index (χ1) is 17.5. The number of alkyl halides is 3. The van der Waals surface area contributed by atoms with E-state index >= 15 is 0 Å². The van der Waals surface area contributed by atoms with Crippen molar-refractivity contribution in [1.82, 2.24) is 24.5 Å². The summed E-state index contributed by atoms with van der Waals surface area (Å²) >= 11 is 0. The Morgan fingerprint density at radius 1 is 1.11 bits per heavy atom. The molecule has 2 atom stereocenters. The van der Waals surface area contributed by atoms with E-state index in [-0.39, 0.29) is 50.0 Å². The van der Waals surface area contributed by atoms with Crippen LogP contribution in [0.4, 0.5) is 13.2 Å². The van der Waals surface area contributed by atoms with Crippen LogP contribution in [0.5, 0.6) is 0 Å². The van der Waals surface area contributed by atoms with Crippen LogP contribution in [-0.4, -0.2) is 49.0 Å². The van der Waals surface area contributed by atoms with Crippen molar-refractivity contribution in [1.29, 1.82) is 0 Å². The molecule has 0 amide bonds. The number of rotatable bonds is 5. The summed E-state index contributed by atoms with van der Waals surface area (Å²) in [6.45, 7) is 4.17. The van der Waals surface area contributed by atoms with Crippen LogP contribution in [0.15, 0.2) is 23.1 Å². The van der Waals surface area contributed by atoms with Gasteiger partial charge in [-0.2, -0.15) is 13.2 Å². The largest absolute Gasteiger partial charge is 0.395 e. The standard InChI is InChI=1S/C26H28F3N5O3/c1-14-15(2)31-23-20(30-14)21(24-11-25(12-24,13-24)26(27,28)29)32-22(33-23)16-5-8-37-18(9-16)17-3-4-19(36)34(10-17)6-7-35/h3-4,10,16,18,35H,5-9,11-13H2,1-2H3/t16-,18+,24?,25?/m0/s1. The van der Waals surface area contributed by atoms with Crippen molar-refractivity contribution in [2.45, 2.75) is 76.1 Å². The van der Waals surface area contributed by atoms with E-state index in [1.807, 2.05) is 13.8 Å². The first-order valence-corrected chi connectivity index (χ1v) is 12.6. The smallest absolute Gasteiger partial charge is 0.394 e. The van der Waals surface area contributed by atoms with Gasteiger partial charge in [-0.15, -0.1) is 0 Å². The maximum Gasteiger partial charge on any atom is 0.394 e. The molecule has 2 bridgehead atoms. The Morgan fingerprint density at radius 2 is 1.84 bits per heavy atom. The highest BCUT2D eigenvalue weighted by Gasteiger charge is 2.79. The third-order valence-corrected chi connectivity index (χ3v) is 8.46. The first kappa shape index (κ1) is 24.4. The summed E-state index contributed by atoms with van der Waals surface area (Å²) in [5.41, 5.74) is 1.34. The quantitative estimate of drug-likeness (QED) is 0.551. The van der Waals surface area contributed by atoms with Gasteiger partial charge in [0.25, 0.3) is 5.56 Å². The van der Waals surface area contributed by atoms with E-state index in [0.717, 1.165) is 11.3 Å². The number of aliphatic hydroxyl groups is 1. The fraction of sp³-hybridized carbons (Fsp3) is 0.577. The summed E-state index contributed by atoms with van der Waals surface area (Å²) in [4.78, 5) is 31.0. The molecule has 7 rings (SSSR count). The lowest BCUT2D eigenvalue weighted by Gasteiger charge is -2.70. The topological polar surface area (TPSA) is 103 Å². The van der Waals surface area contributed by atoms with Gasteiger partial charge in [0.15, 0.2) is 5.65 Å². The Hall–Kier alpha value is -2.92. The Bertz CT molecular complexity index is 1430. The molecule has 3 saturated carbocycles. The Balaban J connectivity index is 1.36. The number of ether oxygens (including phenoxy) is 1. The van der Waals surface area contributed by atoms with Gasteiger partial charge in [-0.25, -0.2) is 19.9 Å². The number of aliphatic hydroxyl groups excluding tert-OH is 1. The molecule has 0 unspecified atom stereocenters. The highest BCUT2D eigenvalue weighted by atomic mass is 19.4. The summed E-state index contributed by atoms with van der Waals surface area (Å²) < 4.78 is 48.3. The minimum atomic E-state index is -4.21. The fourth-order valence-corrected chi connectivity index (χ4v) is 6.31. The Kier molecular flexibility index (Phi) is 5.47. The molecule has 0 spiro atoms. The number of pyridine rings is 1. The molecule has 1 aliphatic heterocycles. The molecule has 3 aliphatic carbocycles. The number of halogens is 3. The van der Waals surface area contributed by atoms with Gasteiger partial charge in [-0.1, -0.05) is 0 Å². The zero-order valence-corrected chi connectivity index (χ0v) is 20.7. The lowest BCUT2D eigenvalue weighted by atomic mass is 9.34. The molecule has 0 aromatic carbocycles. The van der Waals surface area contributed by atoms with Crippen molar-refractivity contribution < 1.29 is 23.0 Å². The average Bonchev–Trinajstić information content (AvgIpc) is 2.79. The van der Waals surface area contributed by atoms with Crippen LogP contribution in [0.3, 0.4) is 0 Å². The van der Waals surface area contributed by atoms with E-state index in [4.69, 9.17) is 14.7 Å². The molecule has 11 heteroatoms. The third-order valence-electron chi connectivity index (χ3n) is 8.46. The van der Waals surface area contributed by atoms with Crippen LogP contribution < -0.4 is 5.56 Å². The van der Waals surface area contributed by atoms with Crippen LogP contribution in [0.25, 0.3) is 11.2 Å². The normalized spacial score (nSPS) is 29.1. The second-order valence-corrected chi connectivity index (χ2v) is 10.9. The van der Waals surface area contributed by atoms with Gasteiger partial charge in [0.05, 0.1) is 35.2 Å². The van der Waals surface area contributed by atoms with Crippen LogP contribution in [0.1, 0.15) is 72.6 Å².